The Hall–Kier alpha value is -5.27. The molecule has 11 nitrogen and oxygen atoms in total. The highest BCUT2D eigenvalue weighted by Crippen LogP contribution is 2.29. The molecule has 2 unspecified atom stereocenters. The lowest BCUT2D eigenvalue weighted by Crippen LogP contribution is -2.38. The van der Waals surface area contributed by atoms with E-state index >= 15 is 0 Å². The smallest absolute Gasteiger partial charge is 0.340 e. The molecule has 0 radical (unpaired) electrons. The van der Waals surface area contributed by atoms with Crippen LogP contribution in [0.3, 0.4) is 0 Å². The number of ether oxygens (including phenoxy) is 3. The topological polar surface area (TPSA) is 140 Å². The molecule has 2 aliphatic heterocycles. The van der Waals surface area contributed by atoms with Crippen LogP contribution in [0.25, 0.3) is 21.8 Å². The van der Waals surface area contributed by atoms with Gasteiger partial charge in [-0.2, -0.15) is 8.42 Å². The van der Waals surface area contributed by atoms with E-state index < -0.39 is 16.1 Å². The molecule has 56 heavy (non-hydrogen) atoms. The number of nitrogens with one attached hydrogen (secondary N) is 2. The quantitative estimate of drug-likeness (QED) is 0.0921. The average molecular weight is 778 g/mol. The first kappa shape index (κ1) is 39.0. The highest BCUT2D eigenvalue weighted by atomic mass is 32.2. The predicted molar refractivity (Wildman–Crippen MR) is 215 cm³/mol. The second-order valence-corrected chi connectivity index (χ2v) is 16.1. The number of esters is 2. The van der Waals surface area contributed by atoms with Crippen molar-refractivity contribution in [3.05, 3.63) is 142 Å². The predicted octanol–water partition coefficient (Wildman–Crippen LogP) is 7.20. The number of H-pyrrole nitrogens is 2. The number of aromatic amines is 2. The molecule has 2 bridgehead atoms. The summed E-state index contributed by atoms with van der Waals surface area (Å²) in [6.45, 7) is 7.25. The lowest BCUT2D eigenvalue weighted by Gasteiger charge is -2.26. The van der Waals surface area contributed by atoms with Gasteiger partial charge in [-0.05, 0) is 79.6 Å². The normalized spacial score (nSPS) is 16.6. The molecule has 0 aliphatic carbocycles. The molecular weight excluding hydrogens is 731 g/mol. The third-order valence-corrected chi connectivity index (χ3v) is 10.9. The first-order valence-electron chi connectivity index (χ1n) is 18.9. The second-order valence-electron chi connectivity index (χ2n) is 14.5. The van der Waals surface area contributed by atoms with Crippen molar-refractivity contribution in [2.75, 3.05) is 32.6 Å². The molecule has 2 atom stereocenters. The van der Waals surface area contributed by atoms with Crippen LogP contribution < -0.4 is 0 Å². The van der Waals surface area contributed by atoms with Crippen molar-refractivity contribution >= 4 is 43.9 Å². The van der Waals surface area contributed by atoms with Crippen LogP contribution in [0.1, 0.15) is 60.8 Å². The fraction of sp³-hybridized carbons (Fsp3) is 0.318. The van der Waals surface area contributed by atoms with E-state index in [2.05, 4.69) is 33.1 Å². The molecular formula is C44H47N3O8S. The van der Waals surface area contributed by atoms with Crippen LogP contribution in [0.2, 0.25) is 0 Å². The number of aromatic nitrogens is 2. The lowest BCUT2D eigenvalue weighted by atomic mass is 10.1. The Balaban J connectivity index is 0.000000172. The SMILES string of the molecule is Cc1[nH]c2ccc(CCN3CC4CC3CO4)cc2c1C(=O)OCc1ccccc1.Cc1[nH]c2ccc(CCOS(C)(=O)=O)cc2c1C(=O)OCc1ccccc1. The van der Waals surface area contributed by atoms with Gasteiger partial charge >= 0.3 is 11.9 Å². The molecule has 4 heterocycles. The molecule has 0 amide bonds. The zero-order valence-electron chi connectivity index (χ0n) is 31.9. The van der Waals surface area contributed by atoms with E-state index in [1.54, 1.807) is 0 Å². The number of hydrogen-bond donors (Lipinski definition) is 2. The van der Waals surface area contributed by atoms with Crippen molar-refractivity contribution in [3.8, 4) is 0 Å². The van der Waals surface area contributed by atoms with Crippen molar-refractivity contribution in [2.24, 2.45) is 0 Å². The van der Waals surface area contributed by atoms with Crippen molar-refractivity contribution in [1.82, 2.24) is 14.9 Å². The number of rotatable bonds is 13. The van der Waals surface area contributed by atoms with Gasteiger partial charge in [-0.25, -0.2) is 9.59 Å². The first-order chi connectivity index (χ1) is 27.0. The minimum Gasteiger partial charge on any atom is -0.457 e. The van der Waals surface area contributed by atoms with Crippen LogP contribution in [0, 0.1) is 13.8 Å². The third-order valence-electron chi connectivity index (χ3n) is 10.3. The molecule has 2 fully saturated rings. The maximum atomic E-state index is 12.8. The van der Waals surface area contributed by atoms with Crippen LogP contribution in [0.5, 0.6) is 0 Å². The third kappa shape index (κ3) is 9.57. The molecule has 2 saturated heterocycles. The molecule has 0 spiro atoms. The van der Waals surface area contributed by atoms with E-state index in [1.165, 1.54) is 12.0 Å². The Bertz CT molecular complexity index is 2420. The van der Waals surface area contributed by atoms with Crippen molar-refractivity contribution in [2.45, 2.75) is 58.5 Å². The number of benzene rings is 4. The van der Waals surface area contributed by atoms with Gasteiger partial charge in [0.15, 0.2) is 0 Å². The summed E-state index contributed by atoms with van der Waals surface area (Å²) in [4.78, 5) is 34.5. The summed E-state index contributed by atoms with van der Waals surface area (Å²) in [7, 11) is -3.47. The lowest BCUT2D eigenvalue weighted by molar-refractivity contribution is 0.0311. The van der Waals surface area contributed by atoms with Crippen LogP contribution in [0.4, 0.5) is 0 Å². The Kier molecular flexibility index (Phi) is 12.0. The zero-order chi connectivity index (χ0) is 39.2. The highest BCUT2D eigenvalue weighted by molar-refractivity contribution is 7.85. The number of morpholine rings is 1. The molecule has 12 heteroatoms. The Labute approximate surface area is 327 Å². The van der Waals surface area contributed by atoms with Gasteiger partial charge in [-0.3, -0.25) is 9.08 Å². The van der Waals surface area contributed by atoms with Crippen LogP contribution >= 0.6 is 0 Å². The number of carbonyl (C=O) groups is 2. The molecule has 0 saturated carbocycles. The van der Waals surface area contributed by atoms with Crippen molar-refractivity contribution < 1.29 is 36.4 Å². The Morgan fingerprint density at radius 2 is 1.25 bits per heavy atom. The van der Waals surface area contributed by atoms with Gasteiger partial charge < -0.3 is 24.2 Å². The summed E-state index contributed by atoms with van der Waals surface area (Å²) in [6, 6.07) is 31.8. The number of carbonyl (C=O) groups excluding carboxylic acids is 2. The monoisotopic (exact) mass is 777 g/mol. The fourth-order valence-corrected chi connectivity index (χ4v) is 7.90. The number of hydrogen-bond acceptors (Lipinski definition) is 9. The van der Waals surface area contributed by atoms with Gasteiger partial charge in [0.1, 0.15) is 13.2 Å². The van der Waals surface area contributed by atoms with Crippen LogP contribution in [-0.2, 0) is 54.6 Å². The molecule has 2 aromatic heterocycles. The Morgan fingerprint density at radius 3 is 1.71 bits per heavy atom. The van der Waals surface area contributed by atoms with E-state index in [0.29, 0.717) is 29.7 Å². The average Bonchev–Trinajstić information content (AvgIpc) is 3.97. The van der Waals surface area contributed by atoms with Gasteiger partial charge in [-0.1, -0.05) is 72.8 Å². The first-order valence-corrected chi connectivity index (χ1v) is 20.7. The highest BCUT2D eigenvalue weighted by Gasteiger charge is 2.38. The number of nitrogens with zero attached hydrogens (tertiary/aromatic N) is 1. The minimum absolute atomic E-state index is 0.0571. The summed E-state index contributed by atoms with van der Waals surface area (Å²) in [6.07, 6.45) is 4.02. The van der Waals surface area contributed by atoms with E-state index in [9.17, 15) is 18.0 Å². The molecule has 6 aromatic rings. The van der Waals surface area contributed by atoms with Gasteiger partial charge in [-0.15, -0.1) is 0 Å². The molecule has 2 N–H and O–H groups in total. The number of fused-ring (bicyclic) bond motifs is 4. The summed E-state index contributed by atoms with van der Waals surface area (Å²) < 4.78 is 43.7. The standard InChI is InChI=1S/C24H26N2O3.C20H21NO5S/c1-16-23(24(27)29-14-18-5-3-2-4-6-18)21-11-17(7-8-22(21)25-16)9-10-26-13-20-12-19(26)15-28-20;1-14-19(20(22)25-13-16-6-4-3-5-7-16)17-12-15(8-9-18(17)21-14)10-11-26-27(2,23)24/h2-8,11,19-20,25H,9-10,12-15H2,1H3;3-9,12,21H,10-11,13H2,1-2H3. The molecule has 2 aliphatic rings. The zero-order valence-corrected chi connectivity index (χ0v) is 32.7. The number of likely N-dealkylation sites (tertiary alicyclic amines) is 1. The van der Waals surface area contributed by atoms with Crippen LogP contribution in [-0.4, -0.2) is 79.9 Å². The van der Waals surface area contributed by atoms with Crippen molar-refractivity contribution in [3.63, 3.8) is 0 Å². The largest absolute Gasteiger partial charge is 0.457 e. The maximum absolute atomic E-state index is 12.8. The van der Waals surface area contributed by atoms with Gasteiger partial charge in [0, 0.05) is 52.3 Å². The van der Waals surface area contributed by atoms with Gasteiger partial charge in [0.2, 0.25) is 0 Å². The maximum Gasteiger partial charge on any atom is 0.340 e. The minimum atomic E-state index is -3.47. The summed E-state index contributed by atoms with van der Waals surface area (Å²) in [5, 5.41) is 1.70. The number of aryl methyl sites for hydroxylation is 2. The van der Waals surface area contributed by atoms with Crippen molar-refractivity contribution in [1.29, 1.82) is 0 Å². The molecule has 8 rings (SSSR count). The second kappa shape index (κ2) is 17.3. The summed E-state index contributed by atoms with van der Waals surface area (Å²) in [5.74, 6) is -0.670. The van der Waals surface area contributed by atoms with Gasteiger partial charge in [0.25, 0.3) is 10.1 Å². The van der Waals surface area contributed by atoms with Gasteiger partial charge in [0.05, 0.1) is 36.7 Å². The fourth-order valence-electron chi connectivity index (χ4n) is 7.51. The Morgan fingerprint density at radius 1 is 0.732 bits per heavy atom. The van der Waals surface area contributed by atoms with E-state index in [1.807, 2.05) is 92.7 Å². The van der Waals surface area contributed by atoms with Crippen LogP contribution in [0.15, 0.2) is 97.1 Å². The van der Waals surface area contributed by atoms with E-state index in [0.717, 1.165) is 82.3 Å². The van der Waals surface area contributed by atoms with E-state index in [-0.39, 0.29) is 25.8 Å². The molecule has 4 aromatic carbocycles. The summed E-state index contributed by atoms with van der Waals surface area (Å²) >= 11 is 0. The molecule has 292 valence electrons. The summed E-state index contributed by atoms with van der Waals surface area (Å²) in [5.41, 5.74) is 8.55. The van der Waals surface area contributed by atoms with E-state index in [4.69, 9.17) is 18.4 Å².